The van der Waals surface area contributed by atoms with E-state index < -0.39 is 0 Å². The lowest BCUT2D eigenvalue weighted by atomic mass is 9.53. The van der Waals surface area contributed by atoms with E-state index in [4.69, 9.17) is 0 Å². The van der Waals surface area contributed by atoms with Crippen LogP contribution in [0.15, 0.2) is 0 Å². The first kappa shape index (κ1) is 22.8. The second kappa shape index (κ2) is 9.26. The van der Waals surface area contributed by atoms with Crippen molar-refractivity contribution in [2.75, 3.05) is 45.8 Å². The molecule has 3 amide bonds. The monoisotopic (exact) mass is 433 g/mol. The molecule has 4 aliphatic carbocycles. The average Bonchev–Trinajstić information content (AvgIpc) is 2.63. The third-order valence-electron chi connectivity index (χ3n) is 7.70. The van der Waals surface area contributed by atoms with E-state index in [0.29, 0.717) is 13.1 Å². The lowest BCUT2D eigenvalue weighted by molar-refractivity contribution is -0.128. The van der Waals surface area contributed by atoms with Crippen LogP contribution in [0.4, 0.5) is 4.79 Å². The van der Waals surface area contributed by atoms with Gasteiger partial charge in [-0.15, -0.1) is 0 Å². The molecule has 1 aliphatic heterocycles. The zero-order valence-electron chi connectivity index (χ0n) is 19.8. The number of piperazine rings is 1. The molecule has 0 aromatic carbocycles. The first-order valence-electron chi connectivity index (χ1n) is 12.5. The minimum absolute atomic E-state index is 0.0950. The van der Waals surface area contributed by atoms with Gasteiger partial charge in [-0.3, -0.25) is 9.69 Å². The standard InChI is InChI=1S/C24H43N5O2/c1-23(2,3)27-22(31)25-5-4-6-28-7-9-29(10-8-28)17-21(30)26-24-14-18-11-19(15-24)13-20(12-18)16-24/h18-20H,4-17H2,1-3H3,(H,26,30)(H2,25,27,31). The second-order valence-electron chi connectivity index (χ2n) is 11.8. The van der Waals surface area contributed by atoms with Crippen LogP contribution in [0.3, 0.4) is 0 Å². The summed E-state index contributed by atoms with van der Waals surface area (Å²) in [5, 5.41) is 9.37. The van der Waals surface area contributed by atoms with Gasteiger partial charge >= 0.3 is 6.03 Å². The van der Waals surface area contributed by atoms with Crippen LogP contribution in [0.5, 0.6) is 0 Å². The number of carbonyl (C=O) groups is 2. The molecule has 0 radical (unpaired) electrons. The number of amides is 3. The van der Waals surface area contributed by atoms with E-state index in [1.807, 2.05) is 20.8 Å². The maximum Gasteiger partial charge on any atom is 0.315 e. The number of hydrogen-bond acceptors (Lipinski definition) is 4. The van der Waals surface area contributed by atoms with Crippen LogP contribution >= 0.6 is 0 Å². The Labute approximate surface area is 188 Å². The summed E-state index contributed by atoms with van der Waals surface area (Å²) in [6, 6.07) is -0.0950. The van der Waals surface area contributed by atoms with Crippen LogP contribution in [0.25, 0.3) is 0 Å². The lowest BCUT2D eigenvalue weighted by Gasteiger charge is -2.57. The van der Waals surface area contributed by atoms with Crippen LogP contribution in [0, 0.1) is 17.8 Å². The van der Waals surface area contributed by atoms with Gasteiger partial charge in [0, 0.05) is 43.8 Å². The van der Waals surface area contributed by atoms with Gasteiger partial charge in [0.25, 0.3) is 0 Å². The Morgan fingerprint density at radius 1 is 0.903 bits per heavy atom. The fraction of sp³-hybridized carbons (Fsp3) is 0.917. The molecular weight excluding hydrogens is 390 g/mol. The Morgan fingerprint density at radius 3 is 2.00 bits per heavy atom. The Balaban J connectivity index is 1.10. The van der Waals surface area contributed by atoms with Crippen molar-refractivity contribution < 1.29 is 9.59 Å². The highest BCUT2D eigenvalue weighted by molar-refractivity contribution is 5.79. The van der Waals surface area contributed by atoms with E-state index in [1.165, 1.54) is 38.5 Å². The largest absolute Gasteiger partial charge is 0.350 e. The Kier molecular flexibility index (Phi) is 6.82. The van der Waals surface area contributed by atoms with E-state index in [2.05, 4.69) is 25.8 Å². The van der Waals surface area contributed by atoms with Crippen molar-refractivity contribution in [3.63, 3.8) is 0 Å². The van der Waals surface area contributed by atoms with Gasteiger partial charge in [-0.1, -0.05) is 0 Å². The molecule has 7 nitrogen and oxygen atoms in total. The van der Waals surface area contributed by atoms with Crippen LogP contribution < -0.4 is 16.0 Å². The van der Waals surface area contributed by atoms with Gasteiger partial charge in [-0.05, 0) is 90.0 Å². The van der Waals surface area contributed by atoms with Crippen molar-refractivity contribution in [3.8, 4) is 0 Å². The summed E-state index contributed by atoms with van der Waals surface area (Å²) in [4.78, 5) is 29.4. The average molecular weight is 434 g/mol. The zero-order chi connectivity index (χ0) is 22.1. The van der Waals surface area contributed by atoms with Crippen LogP contribution in [0.2, 0.25) is 0 Å². The van der Waals surface area contributed by atoms with Crippen LogP contribution in [-0.4, -0.2) is 78.6 Å². The number of nitrogens with zero attached hydrogens (tertiary/aromatic N) is 2. The van der Waals surface area contributed by atoms with Gasteiger partial charge in [-0.2, -0.15) is 0 Å². The molecule has 5 aliphatic rings. The quantitative estimate of drug-likeness (QED) is 0.538. The Bertz CT molecular complexity index is 616. The summed E-state index contributed by atoms with van der Waals surface area (Å²) in [6.45, 7) is 12.1. The minimum Gasteiger partial charge on any atom is -0.350 e. The predicted molar refractivity (Wildman–Crippen MR) is 123 cm³/mol. The number of urea groups is 1. The van der Waals surface area contributed by atoms with Crippen molar-refractivity contribution in [1.82, 2.24) is 25.8 Å². The van der Waals surface area contributed by atoms with Gasteiger partial charge in [0.15, 0.2) is 0 Å². The van der Waals surface area contributed by atoms with E-state index in [-0.39, 0.29) is 23.0 Å². The summed E-state index contributed by atoms with van der Waals surface area (Å²) in [6.07, 6.45) is 8.85. The molecule has 31 heavy (non-hydrogen) atoms. The molecular formula is C24H43N5O2. The highest BCUT2D eigenvalue weighted by atomic mass is 16.2. The first-order chi connectivity index (χ1) is 14.7. The number of rotatable bonds is 7. The molecule has 5 fully saturated rings. The van der Waals surface area contributed by atoms with Gasteiger partial charge in [0.1, 0.15) is 0 Å². The third kappa shape index (κ3) is 6.35. The number of carbonyl (C=O) groups excluding carboxylic acids is 2. The molecule has 3 N–H and O–H groups in total. The summed E-state index contributed by atoms with van der Waals surface area (Å²) in [5.41, 5.74) is -0.0810. The van der Waals surface area contributed by atoms with Gasteiger partial charge in [-0.25, -0.2) is 4.79 Å². The van der Waals surface area contributed by atoms with E-state index in [1.54, 1.807) is 0 Å². The summed E-state index contributed by atoms with van der Waals surface area (Å²) >= 11 is 0. The summed E-state index contributed by atoms with van der Waals surface area (Å²) in [5.74, 6) is 2.84. The highest BCUT2D eigenvalue weighted by Gasteiger charge is 2.51. The molecule has 4 saturated carbocycles. The van der Waals surface area contributed by atoms with Crippen LogP contribution in [0.1, 0.15) is 65.7 Å². The molecule has 1 heterocycles. The van der Waals surface area contributed by atoms with E-state index in [0.717, 1.165) is 56.9 Å². The van der Waals surface area contributed by atoms with Crippen molar-refractivity contribution in [3.05, 3.63) is 0 Å². The number of nitrogens with one attached hydrogen (secondary N) is 3. The molecule has 176 valence electrons. The van der Waals surface area contributed by atoms with Crippen molar-refractivity contribution in [1.29, 1.82) is 0 Å². The maximum absolute atomic E-state index is 12.8. The first-order valence-corrected chi connectivity index (χ1v) is 12.5. The normalized spacial score (nSPS) is 33.3. The van der Waals surface area contributed by atoms with Crippen molar-refractivity contribution in [2.24, 2.45) is 17.8 Å². The van der Waals surface area contributed by atoms with Crippen molar-refractivity contribution >= 4 is 11.9 Å². The molecule has 0 aromatic heterocycles. The van der Waals surface area contributed by atoms with Gasteiger partial charge in [0.05, 0.1) is 6.54 Å². The molecule has 0 atom stereocenters. The Hall–Kier alpha value is -1.34. The van der Waals surface area contributed by atoms with E-state index >= 15 is 0 Å². The highest BCUT2D eigenvalue weighted by Crippen LogP contribution is 2.55. The topological polar surface area (TPSA) is 76.7 Å². The van der Waals surface area contributed by atoms with Crippen molar-refractivity contribution in [2.45, 2.75) is 76.8 Å². The summed E-state index contributed by atoms with van der Waals surface area (Å²) in [7, 11) is 0. The predicted octanol–water partition coefficient (Wildman–Crippen LogP) is 2.18. The molecule has 0 spiro atoms. The SMILES string of the molecule is CC(C)(C)NC(=O)NCCCN1CCN(CC(=O)NC23CC4CC(CC(C4)C2)C3)CC1. The van der Waals surface area contributed by atoms with Crippen LogP contribution in [-0.2, 0) is 4.79 Å². The summed E-state index contributed by atoms with van der Waals surface area (Å²) < 4.78 is 0. The second-order valence-corrected chi connectivity index (χ2v) is 11.8. The van der Waals surface area contributed by atoms with Gasteiger partial charge in [0.2, 0.25) is 5.91 Å². The maximum atomic E-state index is 12.8. The zero-order valence-corrected chi connectivity index (χ0v) is 19.8. The molecule has 4 bridgehead atoms. The molecule has 5 rings (SSSR count). The number of hydrogen-bond donors (Lipinski definition) is 3. The van der Waals surface area contributed by atoms with E-state index in [9.17, 15) is 9.59 Å². The van der Waals surface area contributed by atoms with Gasteiger partial charge < -0.3 is 20.9 Å². The molecule has 7 heteroatoms. The molecule has 0 unspecified atom stereocenters. The fourth-order valence-electron chi connectivity index (χ4n) is 6.86. The third-order valence-corrected chi connectivity index (χ3v) is 7.70. The lowest BCUT2D eigenvalue weighted by Crippen LogP contribution is -2.61. The molecule has 1 saturated heterocycles. The molecule has 0 aromatic rings. The Morgan fingerprint density at radius 2 is 1.45 bits per heavy atom. The smallest absolute Gasteiger partial charge is 0.315 e. The minimum atomic E-state index is -0.206. The fourth-order valence-corrected chi connectivity index (χ4v) is 6.86.